The van der Waals surface area contributed by atoms with Crippen LogP contribution in [0.1, 0.15) is 27.8 Å². The Morgan fingerprint density at radius 3 is 1.38 bits per heavy atom. The van der Waals surface area contributed by atoms with E-state index in [1.807, 2.05) is 31.2 Å². The number of nitrogens with zero attached hydrogens (tertiary/aromatic N) is 4. The van der Waals surface area contributed by atoms with Crippen LogP contribution in [0.4, 0.5) is 0 Å². The van der Waals surface area contributed by atoms with Gasteiger partial charge in [0.25, 0.3) is 0 Å². The fraction of sp³-hybridized carbons (Fsp3) is 0.0435. The van der Waals surface area contributed by atoms with Gasteiger partial charge in [-0.05, 0) is 55.5 Å². The molecule has 0 atom stereocenters. The van der Waals surface area contributed by atoms with Gasteiger partial charge >= 0.3 is 0 Å². The van der Waals surface area contributed by atoms with E-state index in [1.165, 1.54) is 24.3 Å². The van der Waals surface area contributed by atoms with Crippen LogP contribution in [0, 0.1) is 52.2 Å². The Bertz CT molecular complexity index is 1170. The Hall–Kier alpha value is -4.78. The molecule has 0 unspecified atom stereocenters. The summed E-state index contributed by atoms with van der Waals surface area (Å²) in [5, 5.41) is 36.4. The molecule has 0 amide bonds. The summed E-state index contributed by atoms with van der Waals surface area (Å²) in [6, 6.07) is 22.4. The lowest BCUT2D eigenvalue weighted by Gasteiger charge is -2.14. The van der Waals surface area contributed by atoms with Crippen molar-refractivity contribution < 1.29 is 9.47 Å². The van der Waals surface area contributed by atoms with E-state index in [0.717, 1.165) is 0 Å². The predicted molar refractivity (Wildman–Crippen MR) is 103 cm³/mol. The van der Waals surface area contributed by atoms with Crippen molar-refractivity contribution in [1.29, 1.82) is 21.0 Å². The van der Waals surface area contributed by atoms with Gasteiger partial charge in [-0.3, -0.25) is 0 Å². The molecule has 29 heavy (non-hydrogen) atoms. The highest BCUT2D eigenvalue weighted by atomic mass is 16.5. The molecule has 6 heteroatoms. The molecule has 0 saturated heterocycles. The molecular formula is C23H12N4O2. The van der Waals surface area contributed by atoms with Crippen LogP contribution in [0.3, 0.4) is 0 Å². The standard InChI is InChI=1S/C23H12N4O2/c1-15-22(28-20-7-5-16(11-24)18(9-20)13-26)3-2-4-23(15)29-21-8-6-17(12-25)19(10-21)14-27/h2-10H,1H3. The third kappa shape index (κ3) is 3.99. The molecule has 0 fully saturated rings. The molecule has 3 aromatic rings. The summed E-state index contributed by atoms with van der Waals surface area (Å²) in [5.41, 5.74) is 1.73. The van der Waals surface area contributed by atoms with Gasteiger partial charge in [0.2, 0.25) is 0 Å². The molecule has 6 nitrogen and oxygen atoms in total. The van der Waals surface area contributed by atoms with E-state index in [2.05, 4.69) is 0 Å². The van der Waals surface area contributed by atoms with Crippen LogP contribution in [0.5, 0.6) is 23.0 Å². The van der Waals surface area contributed by atoms with Gasteiger partial charge in [-0.15, -0.1) is 0 Å². The van der Waals surface area contributed by atoms with Crippen LogP contribution in [0.2, 0.25) is 0 Å². The monoisotopic (exact) mass is 376 g/mol. The number of ether oxygens (including phenoxy) is 2. The zero-order valence-corrected chi connectivity index (χ0v) is 15.3. The van der Waals surface area contributed by atoms with Crippen LogP contribution in [-0.2, 0) is 0 Å². The number of benzene rings is 3. The highest BCUT2D eigenvalue weighted by Crippen LogP contribution is 2.34. The average molecular weight is 376 g/mol. The maximum Gasteiger partial charge on any atom is 0.134 e. The quantitative estimate of drug-likeness (QED) is 0.628. The maximum absolute atomic E-state index is 9.16. The molecule has 0 radical (unpaired) electrons. The minimum absolute atomic E-state index is 0.233. The Morgan fingerprint density at radius 2 is 1.00 bits per heavy atom. The predicted octanol–water partition coefficient (Wildman–Crippen LogP) is 5.07. The average Bonchev–Trinajstić information content (AvgIpc) is 2.76. The highest BCUT2D eigenvalue weighted by Gasteiger charge is 2.11. The van der Waals surface area contributed by atoms with Gasteiger partial charge in [0.1, 0.15) is 47.3 Å². The van der Waals surface area contributed by atoms with Gasteiger partial charge in [-0.1, -0.05) is 6.07 Å². The molecule has 0 bridgehead atoms. The van der Waals surface area contributed by atoms with Crippen molar-refractivity contribution in [2.24, 2.45) is 0 Å². The number of rotatable bonds is 4. The zero-order valence-electron chi connectivity index (χ0n) is 15.3. The van der Waals surface area contributed by atoms with E-state index in [0.29, 0.717) is 28.6 Å². The van der Waals surface area contributed by atoms with E-state index in [-0.39, 0.29) is 22.3 Å². The largest absolute Gasteiger partial charge is 0.457 e. The summed E-state index contributed by atoms with van der Waals surface area (Å²) in [7, 11) is 0. The topological polar surface area (TPSA) is 114 Å². The number of nitriles is 4. The van der Waals surface area contributed by atoms with Crippen LogP contribution >= 0.6 is 0 Å². The molecule has 3 rings (SSSR count). The Kier molecular flexibility index (Phi) is 5.42. The minimum atomic E-state index is 0.233. The molecule has 0 aliphatic rings. The van der Waals surface area contributed by atoms with Gasteiger partial charge in [-0.25, -0.2) is 0 Å². The van der Waals surface area contributed by atoms with Crippen molar-refractivity contribution in [3.8, 4) is 47.3 Å². The van der Waals surface area contributed by atoms with Crippen molar-refractivity contribution in [2.45, 2.75) is 6.92 Å². The summed E-state index contributed by atoms with van der Waals surface area (Å²) in [6.45, 7) is 1.81. The number of hydrogen-bond donors (Lipinski definition) is 0. The molecule has 0 N–H and O–H groups in total. The maximum atomic E-state index is 9.16. The second kappa shape index (κ2) is 8.28. The zero-order chi connectivity index (χ0) is 20.8. The van der Waals surface area contributed by atoms with Crippen LogP contribution < -0.4 is 9.47 Å². The molecule has 0 saturated carbocycles. The fourth-order valence-corrected chi connectivity index (χ4v) is 2.62. The fourth-order valence-electron chi connectivity index (χ4n) is 2.62. The number of hydrogen-bond acceptors (Lipinski definition) is 6. The second-order valence-electron chi connectivity index (χ2n) is 5.95. The van der Waals surface area contributed by atoms with Gasteiger partial charge in [0.15, 0.2) is 0 Å². The van der Waals surface area contributed by atoms with Gasteiger partial charge in [0, 0.05) is 5.56 Å². The summed E-state index contributed by atoms with van der Waals surface area (Å²) < 4.78 is 11.7. The Morgan fingerprint density at radius 1 is 0.586 bits per heavy atom. The van der Waals surface area contributed by atoms with E-state index in [9.17, 15) is 0 Å². The molecule has 0 aliphatic heterocycles. The normalized spacial score (nSPS) is 9.41. The summed E-state index contributed by atoms with van der Waals surface area (Å²) in [5.74, 6) is 1.88. The summed E-state index contributed by atoms with van der Waals surface area (Å²) in [6.07, 6.45) is 0. The minimum Gasteiger partial charge on any atom is -0.457 e. The first-order chi connectivity index (χ1) is 14.1. The Labute approximate surface area is 167 Å². The van der Waals surface area contributed by atoms with Crippen LogP contribution in [-0.4, -0.2) is 0 Å². The molecule has 3 aromatic carbocycles. The first-order valence-electron chi connectivity index (χ1n) is 8.43. The van der Waals surface area contributed by atoms with E-state index in [4.69, 9.17) is 30.5 Å². The molecule has 0 aliphatic carbocycles. The van der Waals surface area contributed by atoms with Gasteiger partial charge in [0.05, 0.1) is 22.3 Å². The van der Waals surface area contributed by atoms with Gasteiger partial charge in [-0.2, -0.15) is 21.0 Å². The lowest BCUT2D eigenvalue weighted by Crippen LogP contribution is -1.94. The third-order valence-electron chi connectivity index (χ3n) is 4.15. The lowest BCUT2D eigenvalue weighted by molar-refractivity contribution is 0.453. The highest BCUT2D eigenvalue weighted by molar-refractivity contribution is 5.53. The van der Waals surface area contributed by atoms with Crippen LogP contribution in [0.25, 0.3) is 0 Å². The summed E-state index contributed by atoms with van der Waals surface area (Å²) in [4.78, 5) is 0. The van der Waals surface area contributed by atoms with E-state index < -0.39 is 0 Å². The van der Waals surface area contributed by atoms with Crippen molar-refractivity contribution in [3.63, 3.8) is 0 Å². The molecular weight excluding hydrogens is 364 g/mol. The molecule has 0 heterocycles. The van der Waals surface area contributed by atoms with Gasteiger partial charge < -0.3 is 9.47 Å². The molecule has 136 valence electrons. The SMILES string of the molecule is Cc1c(Oc2ccc(C#N)c(C#N)c2)cccc1Oc1ccc(C#N)c(C#N)c1. The smallest absolute Gasteiger partial charge is 0.134 e. The lowest BCUT2D eigenvalue weighted by atomic mass is 10.1. The first kappa shape index (κ1) is 19.0. The van der Waals surface area contributed by atoms with E-state index >= 15 is 0 Å². The van der Waals surface area contributed by atoms with Crippen molar-refractivity contribution in [3.05, 3.63) is 82.4 Å². The first-order valence-corrected chi connectivity index (χ1v) is 8.43. The molecule has 0 spiro atoms. The second-order valence-corrected chi connectivity index (χ2v) is 5.95. The van der Waals surface area contributed by atoms with Crippen molar-refractivity contribution in [1.82, 2.24) is 0 Å². The van der Waals surface area contributed by atoms with E-state index in [1.54, 1.807) is 30.3 Å². The van der Waals surface area contributed by atoms with Crippen molar-refractivity contribution in [2.75, 3.05) is 0 Å². The van der Waals surface area contributed by atoms with Crippen LogP contribution in [0.15, 0.2) is 54.6 Å². The third-order valence-corrected chi connectivity index (χ3v) is 4.15. The Balaban J connectivity index is 1.90. The molecule has 0 aromatic heterocycles. The summed E-state index contributed by atoms with van der Waals surface area (Å²) >= 11 is 0. The van der Waals surface area contributed by atoms with Crippen molar-refractivity contribution >= 4 is 0 Å².